The van der Waals surface area contributed by atoms with Gasteiger partial charge in [0.15, 0.2) is 0 Å². The molecule has 0 radical (unpaired) electrons. The second-order valence-electron chi connectivity index (χ2n) is 10.9. The van der Waals surface area contributed by atoms with E-state index in [1.165, 1.54) is 47.8 Å². The predicted molar refractivity (Wildman–Crippen MR) is 165 cm³/mol. The van der Waals surface area contributed by atoms with Crippen molar-refractivity contribution in [2.45, 2.75) is 49.1 Å². The second-order valence-corrected chi connectivity index (χ2v) is 15.0. The Morgan fingerprint density at radius 2 is 1.67 bits per heavy atom. The van der Waals surface area contributed by atoms with Crippen molar-refractivity contribution in [1.82, 2.24) is 9.21 Å². The number of halogens is 1. The van der Waals surface area contributed by atoms with Crippen molar-refractivity contribution in [2.75, 3.05) is 31.5 Å². The largest absolute Gasteiger partial charge is 0.488 e. The van der Waals surface area contributed by atoms with Crippen LogP contribution in [0.15, 0.2) is 76.5 Å². The molecule has 2 N–H and O–H groups in total. The third-order valence-electron chi connectivity index (χ3n) is 7.46. The zero-order valence-corrected chi connectivity index (χ0v) is 26.8. The number of likely N-dealkylation sites (N-methyl/N-ethyl adjacent to an activating group) is 1. The lowest BCUT2D eigenvalue weighted by atomic mass is 10.0. The van der Waals surface area contributed by atoms with Crippen molar-refractivity contribution in [3.05, 3.63) is 82.9 Å². The lowest BCUT2D eigenvalue weighted by Gasteiger charge is -2.33. The number of rotatable bonds is 9. The number of aliphatic hydroxyl groups is 1. The van der Waals surface area contributed by atoms with Gasteiger partial charge in [-0.15, -0.1) is 0 Å². The Morgan fingerprint density at radius 1 is 1.05 bits per heavy atom. The normalized spacial score (nSPS) is 18.7. The van der Waals surface area contributed by atoms with Crippen LogP contribution in [0.4, 0.5) is 5.69 Å². The number of amides is 1. The number of anilines is 1. The van der Waals surface area contributed by atoms with Crippen molar-refractivity contribution in [3.8, 4) is 5.75 Å². The molecule has 1 heterocycles. The van der Waals surface area contributed by atoms with E-state index in [9.17, 15) is 26.7 Å². The molecule has 0 saturated heterocycles. The molecule has 0 spiro atoms. The molecule has 0 fully saturated rings. The van der Waals surface area contributed by atoms with Crippen LogP contribution in [0.3, 0.4) is 0 Å². The molecule has 1 aliphatic rings. The SMILES string of the molecule is Cc1ccc(S(=O)(=O)N(C)C[C@@H]2Oc3ccc(NS(=O)(=O)c4ccc(Cl)cc4)cc3CC(=O)N([C@H](C)CO)C[C@H]2C)cc1. The van der Waals surface area contributed by atoms with E-state index >= 15 is 0 Å². The molecular weight excluding hydrogens is 614 g/mol. The molecule has 1 amide bonds. The summed E-state index contributed by atoms with van der Waals surface area (Å²) in [6, 6.07) is 16.4. The first kappa shape index (κ1) is 32.7. The Balaban J connectivity index is 1.68. The van der Waals surface area contributed by atoms with E-state index < -0.39 is 32.2 Å². The highest BCUT2D eigenvalue weighted by atomic mass is 35.5. The van der Waals surface area contributed by atoms with Crippen LogP contribution in [-0.4, -0.2) is 75.9 Å². The highest BCUT2D eigenvalue weighted by Gasteiger charge is 2.33. The van der Waals surface area contributed by atoms with Crippen LogP contribution < -0.4 is 9.46 Å². The van der Waals surface area contributed by atoms with Gasteiger partial charge < -0.3 is 14.7 Å². The summed E-state index contributed by atoms with van der Waals surface area (Å²) in [5.41, 5.74) is 1.57. The van der Waals surface area contributed by atoms with Crippen molar-refractivity contribution >= 4 is 43.2 Å². The fourth-order valence-corrected chi connectivity index (χ4v) is 7.14. The van der Waals surface area contributed by atoms with Crippen LogP contribution >= 0.6 is 11.6 Å². The first-order valence-corrected chi connectivity index (χ1v) is 17.0. The number of nitrogens with zero attached hydrogens (tertiary/aromatic N) is 2. The first-order valence-electron chi connectivity index (χ1n) is 13.7. The molecule has 10 nitrogen and oxygen atoms in total. The molecule has 0 aliphatic carbocycles. The second kappa shape index (κ2) is 13.2. The highest BCUT2D eigenvalue weighted by Crippen LogP contribution is 2.31. The molecule has 0 unspecified atom stereocenters. The summed E-state index contributed by atoms with van der Waals surface area (Å²) in [5, 5.41) is 10.3. The molecule has 232 valence electrons. The number of carbonyl (C=O) groups is 1. The zero-order valence-electron chi connectivity index (χ0n) is 24.4. The smallest absolute Gasteiger partial charge is 0.261 e. The van der Waals surface area contributed by atoms with Gasteiger partial charge in [0.1, 0.15) is 11.9 Å². The van der Waals surface area contributed by atoms with Gasteiger partial charge in [0.05, 0.1) is 35.4 Å². The first-order chi connectivity index (χ1) is 20.2. The molecule has 3 atom stereocenters. The number of ether oxygens (including phenoxy) is 1. The van der Waals surface area contributed by atoms with E-state index in [2.05, 4.69) is 4.72 Å². The molecule has 1 aliphatic heterocycles. The van der Waals surface area contributed by atoms with Crippen LogP contribution in [0.25, 0.3) is 0 Å². The van der Waals surface area contributed by atoms with Gasteiger partial charge >= 0.3 is 0 Å². The quantitative estimate of drug-likeness (QED) is 0.359. The topological polar surface area (TPSA) is 133 Å². The number of carbonyl (C=O) groups excluding carboxylic acids is 1. The van der Waals surface area contributed by atoms with Gasteiger partial charge in [0, 0.05) is 35.8 Å². The summed E-state index contributed by atoms with van der Waals surface area (Å²) in [5.74, 6) is -0.279. The summed E-state index contributed by atoms with van der Waals surface area (Å²) in [6.45, 7) is 5.40. The van der Waals surface area contributed by atoms with Gasteiger partial charge in [0.25, 0.3) is 10.0 Å². The van der Waals surface area contributed by atoms with Crippen molar-refractivity contribution in [2.24, 2.45) is 5.92 Å². The van der Waals surface area contributed by atoms with Crippen LogP contribution in [0.2, 0.25) is 5.02 Å². The highest BCUT2D eigenvalue weighted by molar-refractivity contribution is 7.92. The van der Waals surface area contributed by atoms with E-state index in [0.29, 0.717) is 16.3 Å². The van der Waals surface area contributed by atoms with Gasteiger partial charge in [-0.05, 0) is 68.4 Å². The number of aryl methyl sites for hydroxylation is 1. The van der Waals surface area contributed by atoms with Crippen LogP contribution in [0.5, 0.6) is 5.75 Å². The van der Waals surface area contributed by atoms with Crippen LogP contribution in [-0.2, 0) is 31.3 Å². The van der Waals surface area contributed by atoms with E-state index in [1.807, 2.05) is 13.8 Å². The van der Waals surface area contributed by atoms with E-state index in [1.54, 1.807) is 42.2 Å². The summed E-state index contributed by atoms with van der Waals surface area (Å²) < 4.78 is 62.9. The Hall–Kier alpha value is -3.16. The maximum Gasteiger partial charge on any atom is 0.261 e. The Bertz CT molecular complexity index is 1660. The van der Waals surface area contributed by atoms with Gasteiger partial charge in [-0.1, -0.05) is 36.2 Å². The minimum Gasteiger partial charge on any atom is -0.488 e. The maximum atomic E-state index is 13.5. The number of fused-ring (bicyclic) bond motifs is 1. The summed E-state index contributed by atoms with van der Waals surface area (Å²) in [6.07, 6.45) is -0.799. The fraction of sp³-hybridized carbons (Fsp3) is 0.367. The number of nitrogens with one attached hydrogen (secondary N) is 1. The average molecular weight is 650 g/mol. The Labute approximate surface area is 258 Å². The van der Waals surface area contributed by atoms with Crippen LogP contribution in [0, 0.1) is 12.8 Å². The standard InChI is InChI=1S/C30H36ClN3O7S2/c1-20-5-10-27(11-6-20)43(39,40)33(4)18-29-21(2)17-34(22(3)19-35)30(36)16-23-15-25(9-14-28(23)41-29)32-42(37,38)26-12-7-24(31)8-13-26/h5-15,21-22,29,32,35H,16-19H2,1-4H3/t21-,22-,29+/m1/s1. The maximum absolute atomic E-state index is 13.5. The van der Waals surface area contributed by atoms with E-state index in [4.69, 9.17) is 16.3 Å². The fourth-order valence-electron chi connectivity index (χ4n) is 4.78. The molecule has 4 rings (SSSR count). The van der Waals surface area contributed by atoms with E-state index in [0.717, 1.165) is 5.56 Å². The number of aliphatic hydroxyl groups excluding tert-OH is 1. The minimum absolute atomic E-state index is 0.0161. The van der Waals surface area contributed by atoms with Crippen molar-refractivity contribution in [3.63, 3.8) is 0 Å². The molecule has 43 heavy (non-hydrogen) atoms. The third kappa shape index (κ3) is 7.68. The molecule has 13 heteroatoms. The molecule has 3 aromatic carbocycles. The van der Waals surface area contributed by atoms with Crippen molar-refractivity contribution in [1.29, 1.82) is 0 Å². The Kier molecular flexibility index (Phi) is 10.1. The number of hydrogen-bond acceptors (Lipinski definition) is 7. The summed E-state index contributed by atoms with van der Waals surface area (Å²) in [4.78, 5) is 15.2. The van der Waals surface area contributed by atoms with E-state index in [-0.39, 0.29) is 53.4 Å². The summed E-state index contributed by atoms with van der Waals surface area (Å²) >= 11 is 5.90. The molecule has 0 saturated carbocycles. The third-order valence-corrected chi connectivity index (χ3v) is 10.9. The zero-order chi connectivity index (χ0) is 31.5. The van der Waals surface area contributed by atoms with Crippen LogP contribution in [0.1, 0.15) is 25.0 Å². The molecule has 0 aromatic heterocycles. The van der Waals surface area contributed by atoms with Gasteiger partial charge in [0.2, 0.25) is 15.9 Å². The summed E-state index contributed by atoms with van der Waals surface area (Å²) in [7, 11) is -6.31. The lowest BCUT2D eigenvalue weighted by molar-refractivity contribution is -0.134. The average Bonchev–Trinajstić information content (AvgIpc) is 3.00. The predicted octanol–water partition coefficient (Wildman–Crippen LogP) is 3.92. The van der Waals surface area contributed by atoms with Gasteiger partial charge in [-0.25, -0.2) is 16.8 Å². The minimum atomic E-state index is -3.95. The molecule has 0 bridgehead atoms. The number of sulfonamides is 2. The Morgan fingerprint density at radius 3 is 2.30 bits per heavy atom. The monoisotopic (exact) mass is 649 g/mol. The van der Waals surface area contributed by atoms with Gasteiger partial charge in [-0.2, -0.15) is 4.31 Å². The number of hydrogen-bond donors (Lipinski definition) is 2. The molecule has 3 aromatic rings. The van der Waals surface area contributed by atoms with Gasteiger partial charge in [-0.3, -0.25) is 9.52 Å². The molecular formula is C30H36ClN3O7S2. The van der Waals surface area contributed by atoms with Crippen molar-refractivity contribution < 1.29 is 31.5 Å². The number of benzene rings is 3. The lowest BCUT2D eigenvalue weighted by Crippen LogP contribution is -2.48.